The van der Waals surface area contributed by atoms with Crippen molar-refractivity contribution in [2.45, 2.75) is 18.9 Å². The Labute approximate surface area is 133 Å². The highest BCUT2D eigenvalue weighted by Gasteiger charge is 2.19. The van der Waals surface area contributed by atoms with Gasteiger partial charge in [0.1, 0.15) is 5.69 Å². The van der Waals surface area contributed by atoms with Gasteiger partial charge in [0.15, 0.2) is 11.5 Å². The van der Waals surface area contributed by atoms with Crippen molar-refractivity contribution in [3.63, 3.8) is 0 Å². The molecule has 2 aliphatic rings. The third-order valence-electron chi connectivity index (χ3n) is 4.11. The Balaban J connectivity index is 1.48. The molecule has 1 saturated heterocycles. The van der Waals surface area contributed by atoms with Gasteiger partial charge in [0, 0.05) is 17.9 Å². The summed E-state index contributed by atoms with van der Waals surface area (Å²) < 4.78 is 16.1. The number of benzene rings is 1. The maximum atomic E-state index is 12.3. The first-order chi connectivity index (χ1) is 11.3. The molecular weight excluding hydrogens is 296 g/mol. The Hall–Kier alpha value is -2.47. The lowest BCUT2D eigenvalue weighted by Gasteiger charge is -2.22. The second-order valence-corrected chi connectivity index (χ2v) is 5.74. The van der Waals surface area contributed by atoms with Crippen molar-refractivity contribution >= 4 is 5.91 Å². The largest absolute Gasteiger partial charge is 0.454 e. The van der Waals surface area contributed by atoms with Crippen LogP contribution in [-0.2, 0) is 4.74 Å². The Kier molecular flexibility index (Phi) is 3.67. The molecule has 0 radical (unpaired) electrons. The summed E-state index contributed by atoms with van der Waals surface area (Å²) in [4.78, 5) is 15.5. The minimum absolute atomic E-state index is 0.0912. The van der Waals surface area contributed by atoms with Crippen molar-refractivity contribution in [2.24, 2.45) is 0 Å². The molecule has 0 spiro atoms. The Bertz CT molecular complexity index is 719. The molecule has 2 aliphatic heterocycles. The zero-order valence-electron chi connectivity index (χ0n) is 12.6. The number of aromatic nitrogens is 1. The lowest BCUT2D eigenvalue weighted by molar-refractivity contribution is 0.0622. The van der Waals surface area contributed by atoms with Crippen molar-refractivity contribution in [1.29, 1.82) is 0 Å². The monoisotopic (exact) mass is 314 g/mol. The van der Waals surface area contributed by atoms with E-state index in [-0.39, 0.29) is 18.7 Å². The van der Waals surface area contributed by atoms with E-state index in [0.717, 1.165) is 42.2 Å². The van der Waals surface area contributed by atoms with Crippen LogP contribution in [-0.4, -0.2) is 36.9 Å². The molecule has 0 saturated carbocycles. The first kappa shape index (κ1) is 14.1. The van der Waals surface area contributed by atoms with Crippen LogP contribution in [0.1, 0.15) is 23.3 Å². The summed E-state index contributed by atoms with van der Waals surface area (Å²) in [7, 11) is 0. The van der Waals surface area contributed by atoms with Crippen LogP contribution >= 0.6 is 0 Å². The zero-order valence-corrected chi connectivity index (χ0v) is 12.6. The maximum Gasteiger partial charge on any atom is 0.268 e. The number of H-pyrrole nitrogens is 1. The molecule has 2 N–H and O–H groups in total. The third-order valence-corrected chi connectivity index (χ3v) is 4.11. The number of hydrogen-bond acceptors (Lipinski definition) is 4. The van der Waals surface area contributed by atoms with Crippen molar-refractivity contribution in [3.05, 3.63) is 36.0 Å². The smallest absolute Gasteiger partial charge is 0.268 e. The summed E-state index contributed by atoms with van der Waals surface area (Å²) in [6.45, 7) is 1.62. The standard InChI is InChI=1S/C17H18N2O4/c20-17(18-12-2-1-7-21-9-12)14-5-4-13(19-14)11-3-6-15-16(8-11)23-10-22-15/h3-6,8,12,19H,1-2,7,9-10H2,(H,18,20)/t12-/m1/s1. The van der Waals surface area contributed by atoms with E-state index in [4.69, 9.17) is 14.2 Å². The maximum absolute atomic E-state index is 12.3. The molecule has 0 bridgehead atoms. The normalized spacial score (nSPS) is 19.6. The van der Waals surface area contributed by atoms with E-state index in [1.54, 1.807) is 6.07 Å². The van der Waals surface area contributed by atoms with Crippen LogP contribution in [0.3, 0.4) is 0 Å². The molecule has 1 aromatic heterocycles. The molecule has 6 nitrogen and oxygen atoms in total. The van der Waals surface area contributed by atoms with E-state index in [1.165, 1.54) is 0 Å². The quantitative estimate of drug-likeness (QED) is 0.912. The van der Waals surface area contributed by atoms with Gasteiger partial charge in [-0.2, -0.15) is 0 Å². The van der Waals surface area contributed by atoms with Gasteiger partial charge in [-0.25, -0.2) is 0 Å². The molecule has 120 valence electrons. The van der Waals surface area contributed by atoms with Gasteiger partial charge in [-0.05, 0) is 43.2 Å². The predicted molar refractivity (Wildman–Crippen MR) is 83.7 cm³/mol. The van der Waals surface area contributed by atoms with E-state index in [2.05, 4.69) is 10.3 Å². The summed E-state index contributed by atoms with van der Waals surface area (Å²) >= 11 is 0. The van der Waals surface area contributed by atoms with Crippen molar-refractivity contribution in [1.82, 2.24) is 10.3 Å². The Morgan fingerprint density at radius 1 is 1.17 bits per heavy atom. The average molecular weight is 314 g/mol. The lowest BCUT2D eigenvalue weighted by atomic mass is 10.1. The van der Waals surface area contributed by atoms with Gasteiger partial charge < -0.3 is 24.5 Å². The minimum atomic E-state index is -0.104. The SMILES string of the molecule is O=C(N[C@@H]1CCCOC1)c1ccc(-c2ccc3c(c2)OCO3)[nH]1. The minimum Gasteiger partial charge on any atom is -0.454 e. The van der Waals surface area contributed by atoms with Crippen LogP contribution in [0.4, 0.5) is 0 Å². The molecule has 0 aliphatic carbocycles. The summed E-state index contributed by atoms with van der Waals surface area (Å²) in [6, 6.07) is 9.50. The molecule has 4 rings (SSSR count). The Morgan fingerprint density at radius 3 is 2.96 bits per heavy atom. The molecule has 0 unspecified atom stereocenters. The molecule has 1 aromatic carbocycles. The van der Waals surface area contributed by atoms with Gasteiger partial charge in [-0.15, -0.1) is 0 Å². The lowest BCUT2D eigenvalue weighted by Crippen LogP contribution is -2.40. The highest BCUT2D eigenvalue weighted by Crippen LogP contribution is 2.35. The fraction of sp³-hybridized carbons (Fsp3) is 0.353. The summed E-state index contributed by atoms with van der Waals surface area (Å²) in [5.74, 6) is 1.37. The fourth-order valence-electron chi connectivity index (χ4n) is 2.88. The number of ether oxygens (including phenoxy) is 3. The van der Waals surface area contributed by atoms with Crippen LogP contribution in [0.2, 0.25) is 0 Å². The molecule has 23 heavy (non-hydrogen) atoms. The third kappa shape index (κ3) is 2.90. The van der Waals surface area contributed by atoms with Crippen molar-refractivity contribution in [2.75, 3.05) is 20.0 Å². The van der Waals surface area contributed by atoms with E-state index >= 15 is 0 Å². The number of carbonyl (C=O) groups excluding carboxylic acids is 1. The average Bonchev–Trinajstić information content (AvgIpc) is 3.24. The van der Waals surface area contributed by atoms with Crippen LogP contribution in [0.5, 0.6) is 11.5 Å². The van der Waals surface area contributed by atoms with Crippen LogP contribution < -0.4 is 14.8 Å². The molecule has 6 heteroatoms. The van der Waals surface area contributed by atoms with E-state index in [1.807, 2.05) is 24.3 Å². The highest BCUT2D eigenvalue weighted by molar-refractivity contribution is 5.93. The van der Waals surface area contributed by atoms with E-state index in [9.17, 15) is 4.79 Å². The Morgan fingerprint density at radius 2 is 2.09 bits per heavy atom. The molecule has 2 aromatic rings. The van der Waals surface area contributed by atoms with Gasteiger partial charge in [0.2, 0.25) is 6.79 Å². The number of fused-ring (bicyclic) bond motifs is 1. The van der Waals surface area contributed by atoms with Gasteiger partial charge in [-0.3, -0.25) is 4.79 Å². The first-order valence-corrected chi connectivity index (χ1v) is 7.77. The van der Waals surface area contributed by atoms with Crippen molar-refractivity contribution < 1.29 is 19.0 Å². The number of amides is 1. The van der Waals surface area contributed by atoms with E-state index in [0.29, 0.717) is 12.3 Å². The molecule has 1 amide bonds. The highest BCUT2D eigenvalue weighted by atomic mass is 16.7. The number of rotatable bonds is 3. The van der Waals surface area contributed by atoms with Crippen LogP contribution in [0, 0.1) is 0 Å². The van der Waals surface area contributed by atoms with Gasteiger partial charge in [0.05, 0.1) is 12.6 Å². The van der Waals surface area contributed by atoms with Crippen LogP contribution in [0.15, 0.2) is 30.3 Å². The molecule has 3 heterocycles. The second-order valence-electron chi connectivity index (χ2n) is 5.74. The summed E-state index contributed by atoms with van der Waals surface area (Å²) in [5, 5.41) is 3.00. The number of hydrogen-bond donors (Lipinski definition) is 2. The number of nitrogens with one attached hydrogen (secondary N) is 2. The second kappa shape index (κ2) is 5.96. The zero-order chi connectivity index (χ0) is 15.6. The van der Waals surface area contributed by atoms with E-state index < -0.39 is 0 Å². The van der Waals surface area contributed by atoms with Gasteiger partial charge in [-0.1, -0.05) is 0 Å². The number of carbonyl (C=O) groups is 1. The molecule has 1 atom stereocenters. The summed E-state index contributed by atoms with van der Waals surface area (Å²) in [6.07, 6.45) is 1.94. The fourth-order valence-corrected chi connectivity index (χ4v) is 2.88. The van der Waals surface area contributed by atoms with Gasteiger partial charge >= 0.3 is 0 Å². The first-order valence-electron chi connectivity index (χ1n) is 7.77. The number of aromatic amines is 1. The van der Waals surface area contributed by atoms with Gasteiger partial charge in [0.25, 0.3) is 5.91 Å². The summed E-state index contributed by atoms with van der Waals surface area (Å²) in [5.41, 5.74) is 2.37. The van der Waals surface area contributed by atoms with Crippen LogP contribution in [0.25, 0.3) is 11.3 Å². The molecule has 1 fully saturated rings. The molecular formula is C17H18N2O4. The predicted octanol–water partition coefficient (Wildman–Crippen LogP) is 2.32. The van der Waals surface area contributed by atoms with Crippen molar-refractivity contribution in [3.8, 4) is 22.8 Å². The topological polar surface area (TPSA) is 72.6 Å².